The molecule has 0 saturated carbocycles. The monoisotopic (exact) mass is 372 g/mol. The van der Waals surface area contributed by atoms with E-state index < -0.39 is 5.41 Å². The van der Waals surface area contributed by atoms with Gasteiger partial charge in [-0.15, -0.1) is 0 Å². The molecular weight excluding hydrogens is 344 g/mol. The largest absolute Gasteiger partial charge is 0.465 e. The zero-order valence-electron chi connectivity index (χ0n) is 16.1. The van der Waals surface area contributed by atoms with Gasteiger partial charge in [-0.2, -0.15) is 0 Å². The summed E-state index contributed by atoms with van der Waals surface area (Å²) in [5.74, 6) is -0.539. The second kappa shape index (κ2) is 8.67. The molecule has 1 aromatic rings. The van der Waals surface area contributed by atoms with Crippen molar-refractivity contribution in [1.29, 1.82) is 0 Å². The van der Waals surface area contributed by atoms with Crippen LogP contribution in [0.15, 0.2) is 30.3 Å². The number of ether oxygens (including phenoxy) is 2. The first-order chi connectivity index (χ1) is 13.0. The first-order valence-corrected chi connectivity index (χ1v) is 9.48. The molecule has 27 heavy (non-hydrogen) atoms. The van der Waals surface area contributed by atoms with Crippen molar-refractivity contribution in [3.8, 4) is 0 Å². The van der Waals surface area contributed by atoms with Gasteiger partial charge < -0.3 is 14.4 Å². The van der Waals surface area contributed by atoms with Gasteiger partial charge in [0.25, 0.3) is 0 Å². The molecule has 1 atom stereocenters. The topological polar surface area (TPSA) is 59.1 Å². The van der Waals surface area contributed by atoms with Crippen LogP contribution in [0.2, 0.25) is 0 Å². The third-order valence-corrected chi connectivity index (χ3v) is 5.42. The number of esters is 1. The molecule has 0 spiro atoms. The Morgan fingerprint density at radius 1 is 1.19 bits per heavy atom. The lowest BCUT2D eigenvalue weighted by molar-refractivity contribution is -0.150. The first kappa shape index (κ1) is 19.6. The molecule has 146 valence electrons. The summed E-state index contributed by atoms with van der Waals surface area (Å²) in [5.41, 5.74) is 0.988. The highest BCUT2D eigenvalue weighted by molar-refractivity contribution is 6.11. The van der Waals surface area contributed by atoms with Crippen molar-refractivity contribution < 1.29 is 19.1 Å². The van der Waals surface area contributed by atoms with E-state index in [0.717, 1.165) is 24.3 Å². The quantitative estimate of drug-likeness (QED) is 0.414. The van der Waals surface area contributed by atoms with E-state index in [0.29, 0.717) is 39.2 Å². The summed E-state index contributed by atoms with van der Waals surface area (Å²) < 4.78 is 10.5. The summed E-state index contributed by atoms with van der Waals surface area (Å²) >= 11 is 0. The van der Waals surface area contributed by atoms with Crippen LogP contribution in [0.5, 0.6) is 0 Å². The van der Waals surface area contributed by atoms with Crippen LogP contribution < -0.4 is 4.90 Å². The van der Waals surface area contributed by atoms with Crippen molar-refractivity contribution in [3.05, 3.63) is 35.9 Å². The zero-order valence-corrected chi connectivity index (χ0v) is 16.1. The number of ketones is 1. The van der Waals surface area contributed by atoms with Gasteiger partial charge in [0.1, 0.15) is 5.41 Å². The van der Waals surface area contributed by atoms with Gasteiger partial charge in [0.05, 0.1) is 19.8 Å². The molecule has 6 heteroatoms. The highest BCUT2D eigenvalue weighted by atomic mass is 16.5. The van der Waals surface area contributed by atoms with Crippen LogP contribution in [-0.2, 0) is 19.1 Å². The summed E-state index contributed by atoms with van der Waals surface area (Å²) in [6.07, 6.45) is 4.27. The Balaban J connectivity index is 1.68. The molecule has 0 amide bonds. The summed E-state index contributed by atoms with van der Waals surface area (Å²) in [7, 11) is 3.97. The molecule has 2 heterocycles. The number of allylic oxidation sites excluding steroid dienone is 1. The first-order valence-electron chi connectivity index (χ1n) is 9.48. The van der Waals surface area contributed by atoms with E-state index in [1.807, 2.05) is 43.3 Å². The van der Waals surface area contributed by atoms with Crippen molar-refractivity contribution in [3.63, 3.8) is 0 Å². The molecule has 2 aliphatic rings. The smallest absolute Gasteiger partial charge is 0.320 e. The fraction of sp³-hybridized carbons (Fsp3) is 0.524. The van der Waals surface area contributed by atoms with Gasteiger partial charge in [-0.3, -0.25) is 14.5 Å². The molecular formula is C21H28N2O4. The van der Waals surface area contributed by atoms with Crippen LogP contribution in [0, 0.1) is 5.41 Å². The molecule has 3 rings (SSSR count). The van der Waals surface area contributed by atoms with Crippen molar-refractivity contribution in [1.82, 2.24) is 4.90 Å². The number of benzene rings is 1. The maximum absolute atomic E-state index is 13.0. The molecule has 2 saturated heterocycles. The summed E-state index contributed by atoms with van der Waals surface area (Å²) in [6, 6.07) is 7.93. The Bertz CT molecular complexity index is 693. The van der Waals surface area contributed by atoms with E-state index in [1.54, 1.807) is 6.08 Å². The highest BCUT2D eigenvalue weighted by Crippen LogP contribution is 2.36. The molecule has 0 aliphatic carbocycles. The Hall–Kier alpha value is -2.18. The average molecular weight is 372 g/mol. The fourth-order valence-electron chi connectivity index (χ4n) is 3.52. The lowest BCUT2D eigenvalue weighted by atomic mass is 9.78. The van der Waals surface area contributed by atoms with Crippen molar-refractivity contribution in [2.75, 3.05) is 58.5 Å². The molecule has 0 radical (unpaired) electrons. The Kier molecular flexibility index (Phi) is 6.29. The van der Waals surface area contributed by atoms with Gasteiger partial charge in [-0.05, 0) is 36.7 Å². The predicted molar refractivity (Wildman–Crippen MR) is 105 cm³/mol. The van der Waals surface area contributed by atoms with Gasteiger partial charge >= 0.3 is 5.97 Å². The second-order valence-electron chi connectivity index (χ2n) is 7.36. The molecule has 2 fully saturated rings. The standard InChI is InChI=1S/C21H28N2O4/c1-22(2)18-6-3-17(4-7-18)5-8-19(24)21(10-14-27-20(21)25)9-11-23-12-15-26-16-13-23/h3-8H,9-16H2,1-2H3/b8-5+. The molecule has 2 aliphatic heterocycles. The van der Waals surface area contributed by atoms with Crippen LogP contribution in [0.4, 0.5) is 5.69 Å². The van der Waals surface area contributed by atoms with Gasteiger partial charge in [0, 0.05) is 39.3 Å². The second-order valence-corrected chi connectivity index (χ2v) is 7.36. The Morgan fingerprint density at radius 3 is 2.48 bits per heavy atom. The third-order valence-electron chi connectivity index (χ3n) is 5.42. The third kappa shape index (κ3) is 4.57. The van der Waals surface area contributed by atoms with E-state index in [4.69, 9.17) is 9.47 Å². The van der Waals surface area contributed by atoms with Crippen LogP contribution in [0.3, 0.4) is 0 Å². The van der Waals surface area contributed by atoms with E-state index >= 15 is 0 Å². The average Bonchev–Trinajstić information content (AvgIpc) is 3.07. The highest BCUT2D eigenvalue weighted by Gasteiger charge is 2.49. The normalized spacial score (nSPS) is 23.6. The van der Waals surface area contributed by atoms with E-state index in [-0.39, 0.29) is 11.8 Å². The number of anilines is 1. The van der Waals surface area contributed by atoms with E-state index in [1.165, 1.54) is 6.08 Å². The number of rotatable bonds is 7. The lowest BCUT2D eigenvalue weighted by Gasteiger charge is -2.30. The van der Waals surface area contributed by atoms with Gasteiger partial charge in [-0.25, -0.2) is 0 Å². The number of morpholine rings is 1. The van der Waals surface area contributed by atoms with Crippen LogP contribution >= 0.6 is 0 Å². The van der Waals surface area contributed by atoms with Gasteiger partial charge in [0.2, 0.25) is 0 Å². The number of hydrogen-bond donors (Lipinski definition) is 0. The maximum Gasteiger partial charge on any atom is 0.320 e. The molecule has 0 N–H and O–H groups in total. The summed E-state index contributed by atoms with van der Waals surface area (Å²) in [6.45, 7) is 4.11. The van der Waals surface area contributed by atoms with Crippen LogP contribution in [0.25, 0.3) is 6.08 Å². The summed E-state index contributed by atoms with van der Waals surface area (Å²) in [5, 5.41) is 0. The van der Waals surface area contributed by atoms with Crippen LogP contribution in [0.1, 0.15) is 18.4 Å². The minimum absolute atomic E-state index is 0.157. The van der Waals surface area contributed by atoms with Gasteiger partial charge in [0.15, 0.2) is 5.78 Å². The van der Waals surface area contributed by atoms with Crippen molar-refractivity contribution >= 4 is 23.5 Å². The van der Waals surface area contributed by atoms with Gasteiger partial charge in [-0.1, -0.05) is 18.2 Å². The fourth-order valence-corrected chi connectivity index (χ4v) is 3.52. The number of cyclic esters (lactones) is 1. The minimum Gasteiger partial charge on any atom is -0.465 e. The maximum atomic E-state index is 13.0. The van der Waals surface area contributed by atoms with Crippen molar-refractivity contribution in [2.24, 2.45) is 5.41 Å². The Labute approximate surface area is 160 Å². The number of hydrogen-bond acceptors (Lipinski definition) is 6. The van der Waals surface area contributed by atoms with Crippen molar-refractivity contribution in [2.45, 2.75) is 12.8 Å². The van der Waals surface area contributed by atoms with E-state index in [2.05, 4.69) is 4.90 Å². The minimum atomic E-state index is -1.04. The molecule has 6 nitrogen and oxygen atoms in total. The predicted octanol–water partition coefficient (Wildman–Crippen LogP) is 1.99. The zero-order chi connectivity index (χ0) is 19.3. The molecule has 1 aromatic carbocycles. The number of nitrogens with zero attached hydrogens (tertiary/aromatic N) is 2. The SMILES string of the molecule is CN(C)c1ccc(/C=C/C(=O)C2(CCN3CCOCC3)CCOC2=O)cc1. The molecule has 1 unspecified atom stereocenters. The van der Waals surface area contributed by atoms with E-state index in [9.17, 15) is 9.59 Å². The lowest BCUT2D eigenvalue weighted by Crippen LogP contribution is -2.42. The molecule has 0 aromatic heterocycles. The Morgan fingerprint density at radius 2 is 1.89 bits per heavy atom. The van der Waals surface area contributed by atoms with Crippen LogP contribution in [-0.4, -0.2) is 70.2 Å². The number of carbonyl (C=O) groups is 2. The summed E-state index contributed by atoms with van der Waals surface area (Å²) in [4.78, 5) is 29.6. The number of carbonyl (C=O) groups excluding carboxylic acids is 2. The molecule has 0 bridgehead atoms.